The van der Waals surface area contributed by atoms with Crippen molar-refractivity contribution >= 4 is 12.0 Å². The first kappa shape index (κ1) is 15.5. The van der Waals surface area contributed by atoms with Crippen molar-refractivity contribution in [2.45, 2.75) is 31.6 Å². The van der Waals surface area contributed by atoms with E-state index in [0.717, 1.165) is 0 Å². The van der Waals surface area contributed by atoms with E-state index in [9.17, 15) is 9.59 Å². The van der Waals surface area contributed by atoms with E-state index in [1.165, 1.54) is 11.0 Å². The number of nitrogens with zero attached hydrogens (tertiary/aromatic N) is 1. The number of carboxylic acids is 1. The summed E-state index contributed by atoms with van der Waals surface area (Å²) in [6, 6.07) is -1.46. The van der Waals surface area contributed by atoms with Crippen LogP contribution in [0.25, 0.3) is 0 Å². The van der Waals surface area contributed by atoms with Gasteiger partial charge in [-0.25, -0.2) is 9.59 Å². The van der Waals surface area contributed by atoms with Crippen molar-refractivity contribution in [3.8, 4) is 0 Å². The molecule has 7 nitrogen and oxygen atoms in total. The second kappa shape index (κ2) is 7.10. The Labute approximate surface area is 111 Å². The highest BCUT2D eigenvalue weighted by molar-refractivity contribution is 5.82. The topological polar surface area (TPSA) is 99.1 Å². The van der Waals surface area contributed by atoms with Gasteiger partial charge in [0.1, 0.15) is 6.04 Å². The number of urea groups is 1. The van der Waals surface area contributed by atoms with Crippen molar-refractivity contribution in [1.29, 1.82) is 0 Å². The largest absolute Gasteiger partial charge is 0.480 e. The molecule has 3 N–H and O–H groups in total. The summed E-state index contributed by atoms with van der Waals surface area (Å²) in [5, 5.41) is 20.5. The van der Waals surface area contributed by atoms with Crippen LogP contribution in [0.2, 0.25) is 0 Å². The van der Waals surface area contributed by atoms with Gasteiger partial charge in [0, 0.05) is 6.54 Å². The molecule has 19 heavy (non-hydrogen) atoms. The Kier molecular flexibility index (Phi) is 5.78. The number of hydrogen-bond donors (Lipinski definition) is 3. The van der Waals surface area contributed by atoms with Crippen LogP contribution >= 0.6 is 0 Å². The van der Waals surface area contributed by atoms with Crippen LogP contribution in [-0.4, -0.2) is 65.1 Å². The second-order valence-electron chi connectivity index (χ2n) is 4.52. The molecule has 1 heterocycles. The van der Waals surface area contributed by atoms with Gasteiger partial charge in [0.2, 0.25) is 0 Å². The second-order valence-corrected chi connectivity index (χ2v) is 4.52. The zero-order valence-electron chi connectivity index (χ0n) is 10.9. The smallest absolute Gasteiger partial charge is 0.326 e. The van der Waals surface area contributed by atoms with Gasteiger partial charge in [0.15, 0.2) is 0 Å². The molecule has 1 fully saturated rings. The van der Waals surface area contributed by atoms with E-state index in [1.807, 2.05) is 0 Å². The summed E-state index contributed by atoms with van der Waals surface area (Å²) >= 11 is 0. The predicted octanol–water partition coefficient (Wildman–Crippen LogP) is -0.193. The van der Waals surface area contributed by atoms with Crippen molar-refractivity contribution < 1.29 is 24.5 Å². The molecule has 0 aliphatic carbocycles. The summed E-state index contributed by atoms with van der Waals surface area (Å²) in [5.74, 6) is -1.10. The SMILES string of the molecule is C=CCC(NC(=O)N1CC(C)OC(CO)C1)C(=O)O. The van der Waals surface area contributed by atoms with Crippen LogP contribution in [0.3, 0.4) is 0 Å². The summed E-state index contributed by atoms with van der Waals surface area (Å²) in [5.41, 5.74) is 0. The van der Waals surface area contributed by atoms with Gasteiger partial charge in [0.05, 0.1) is 25.4 Å². The number of hydrogen-bond acceptors (Lipinski definition) is 4. The molecule has 0 aromatic carbocycles. The summed E-state index contributed by atoms with van der Waals surface area (Å²) < 4.78 is 5.41. The number of aliphatic hydroxyl groups is 1. The summed E-state index contributed by atoms with van der Waals surface area (Å²) in [7, 11) is 0. The summed E-state index contributed by atoms with van der Waals surface area (Å²) in [4.78, 5) is 24.4. The number of carbonyl (C=O) groups excluding carboxylic acids is 1. The van der Waals surface area contributed by atoms with Crippen molar-refractivity contribution in [3.05, 3.63) is 12.7 Å². The van der Waals surface area contributed by atoms with Crippen LogP contribution in [-0.2, 0) is 9.53 Å². The number of carbonyl (C=O) groups is 2. The van der Waals surface area contributed by atoms with Crippen LogP contribution in [0.5, 0.6) is 0 Å². The molecule has 1 aliphatic rings. The van der Waals surface area contributed by atoms with Gasteiger partial charge < -0.3 is 25.2 Å². The Morgan fingerprint density at radius 1 is 1.58 bits per heavy atom. The third-order valence-corrected chi connectivity index (χ3v) is 2.82. The Bertz CT molecular complexity index is 347. The zero-order valence-corrected chi connectivity index (χ0v) is 10.9. The lowest BCUT2D eigenvalue weighted by molar-refractivity contribution is -0.139. The van der Waals surface area contributed by atoms with Gasteiger partial charge in [0.25, 0.3) is 0 Å². The van der Waals surface area contributed by atoms with E-state index in [-0.39, 0.29) is 25.7 Å². The highest BCUT2D eigenvalue weighted by Gasteiger charge is 2.29. The number of carboxylic acid groups (broad SMARTS) is 1. The predicted molar refractivity (Wildman–Crippen MR) is 67.8 cm³/mol. The summed E-state index contributed by atoms with van der Waals surface area (Å²) in [6.07, 6.45) is 0.971. The van der Waals surface area contributed by atoms with Gasteiger partial charge in [-0.1, -0.05) is 6.08 Å². The Morgan fingerprint density at radius 3 is 2.79 bits per heavy atom. The first-order valence-electron chi connectivity index (χ1n) is 6.13. The quantitative estimate of drug-likeness (QED) is 0.602. The minimum Gasteiger partial charge on any atom is -0.480 e. The lowest BCUT2D eigenvalue weighted by atomic mass is 10.2. The molecule has 0 aromatic rings. The molecule has 1 saturated heterocycles. The van der Waals surface area contributed by atoms with Crippen LogP contribution < -0.4 is 5.32 Å². The Balaban J connectivity index is 2.60. The number of aliphatic hydroxyl groups excluding tert-OH is 1. The lowest BCUT2D eigenvalue weighted by Gasteiger charge is -2.36. The van der Waals surface area contributed by atoms with Crippen molar-refractivity contribution in [3.63, 3.8) is 0 Å². The lowest BCUT2D eigenvalue weighted by Crippen LogP contribution is -2.55. The zero-order chi connectivity index (χ0) is 14.4. The van der Waals surface area contributed by atoms with E-state index in [2.05, 4.69) is 11.9 Å². The monoisotopic (exact) mass is 272 g/mol. The molecule has 1 aliphatic heterocycles. The van der Waals surface area contributed by atoms with Crippen LogP contribution in [0, 0.1) is 0 Å². The third kappa shape index (κ3) is 4.53. The first-order valence-corrected chi connectivity index (χ1v) is 6.13. The molecular weight excluding hydrogens is 252 g/mol. The molecule has 0 radical (unpaired) electrons. The van der Waals surface area contributed by atoms with E-state index in [0.29, 0.717) is 6.54 Å². The standard InChI is InChI=1S/C12H20N2O5/c1-3-4-10(11(16)17)13-12(18)14-5-8(2)19-9(6-14)7-15/h3,8-10,15H,1,4-7H2,2H3,(H,13,18)(H,16,17). The fourth-order valence-corrected chi connectivity index (χ4v) is 1.94. The minimum atomic E-state index is -1.10. The van der Waals surface area contributed by atoms with Crippen molar-refractivity contribution in [1.82, 2.24) is 10.2 Å². The maximum atomic E-state index is 12.0. The van der Waals surface area contributed by atoms with Gasteiger partial charge in [-0.3, -0.25) is 0 Å². The Hall–Kier alpha value is -1.60. The highest BCUT2D eigenvalue weighted by atomic mass is 16.5. The van der Waals surface area contributed by atoms with Gasteiger partial charge >= 0.3 is 12.0 Å². The number of nitrogens with one attached hydrogen (secondary N) is 1. The molecule has 108 valence electrons. The molecule has 0 bridgehead atoms. The number of amides is 2. The fraction of sp³-hybridized carbons (Fsp3) is 0.667. The number of aliphatic carboxylic acids is 1. The molecule has 0 spiro atoms. The van der Waals surface area contributed by atoms with E-state index >= 15 is 0 Å². The maximum absolute atomic E-state index is 12.0. The minimum absolute atomic E-state index is 0.157. The molecule has 2 amide bonds. The summed E-state index contributed by atoms with van der Waals surface area (Å²) in [6.45, 7) is 5.68. The molecular formula is C12H20N2O5. The van der Waals surface area contributed by atoms with Gasteiger partial charge in [-0.15, -0.1) is 6.58 Å². The first-order chi connectivity index (χ1) is 8.97. The average molecular weight is 272 g/mol. The molecule has 0 saturated carbocycles. The number of ether oxygens (including phenoxy) is 1. The number of rotatable bonds is 5. The molecule has 3 atom stereocenters. The Morgan fingerprint density at radius 2 is 2.26 bits per heavy atom. The normalized spacial score (nSPS) is 24.6. The third-order valence-electron chi connectivity index (χ3n) is 2.82. The van der Waals surface area contributed by atoms with Crippen LogP contribution in [0.4, 0.5) is 4.79 Å². The van der Waals surface area contributed by atoms with Gasteiger partial charge in [-0.2, -0.15) is 0 Å². The van der Waals surface area contributed by atoms with Crippen molar-refractivity contribution in [2.24, 2.45) is 0 Å². The highest BCUT2D eigenvalue weighted by Crippen LogP contribution is 2.11. The molecule has 3 unspecified atom stereocenters. The van der Waals surface area contributed by atoms with E-state index in [4.69, 9.17) is 14.9 Å². The maximum Gasteiger partial charge on any atom is 0.326 e. The van der Waals surface area contributed by atoms with E-state index < -0.39 is 24.1 Å². The average Bonchev–Trinajstić information content (AvgIpc) is 2.37. The molecule has 7 heteroatoms. The molecule has 0 aromatic heterocycles. The van der Waals surface area contributed by atoms with E-state index in [1.54, 1.807) is 6.92 Å². The molecule has 1 rings (SSSR count). The van der Waals surface area contributed by atoms with Crippen molar-refractivity contribution in [2.75, 3.05) is 19.7 Å². The fourth-order valence-electron chi connectivity index (χ4n) is 1.94. The van der Waals surface area contributed by atoms with Crippen LogP contribution in [0.15, 0.2) is 12.7 Å². The van der Waals surface area contributed by atoms with Gasteiger partial charge in [-0.05, 0) is 13.3 Å². The number of morpholine rings is 1. The van der Waals surface area contributed by atoms with Crippen LogP contribution in [0.1, 0.15) is 13.3 Å².